The summed E-state index contributed by atoms with van der Waals surface area (Å²) in [4.78, 5) is 24.5. The van der Waals surface area contributed by atoms with Gasteiger partial charge in [0.15, 0.2) is 5.76 Å². The smallest absolute Gasteiger partial charge is 0.328 e. The second kappa shape index (κ2) is 8.05. The van der Waals surface area contributed by atoms with Crippen molar-refractivity contribution in [2.75, 3.05) is 13.7 Å². The van der Waals surface area contributed by atoms with E-state index in [0.717, 1.165) is 11.1 Å². The van der Waals surface area contributed by atoms with Crippen LogP contribution in [0.4, 0.5) is 0 Å². The number of ether oxygens (including phenoxy) is 2. The molecule has 0 unspecified atom stereocenters. The zero-order valence-corrected chi connectivity index (χ0v) is 15.3. The topological polar surface area (TPSA) is 77.8 Å². The molecule has 1 aromatic heterocycles. The van der Waals surface area contributed by atoms with Crippen molar-refractivity contribution >= 4 is 22.8 Å². The summed E-state index contributed by atoms with van der Waals surface area (Å²) >= 11 is 0. The molecule has 1 N–H and O–H groups in total. The van der Waals surface area contributed by atoms with Crippen LogP contribution in [0, 0.1) is 12.8 Å². The number of benzene rings is 1. The summed E-state index contributed by atoms with van der Waals surface area (Å²) in [5.74, 6) is 0.256. The molecule has 136 valence electrons. The van der Waals surface area contributed by atoms with E-state index in [-0.39, 0.29) is 11.7 Å². The van der Waals surface area contributed by atoms with E-state index >= 15 is 0 Å². The van der Waals surface area contributed by atoms with Crippen LogP contribution in [0.1, 0.15) is 43.3 Å². The lowest BCUT2D eigenvalue weighted by atomic mass is 10.0. The molecule has 0 spiro atoms. The second-order valence-corrected chi connectivity index (χ2v) is 6.33. The number of hydrogen-bond donors (Lipinski definition) is 1. The van der Waals surface area contributed by atoms with Crippen LogP contribution in [0.25, 0.3) is 11.0 Å². The van der Waals surface area contributed by atoms with Gasteiger partial charge in [-0.25, -0.2) is 4.79 Å². The Morgan fingerprint density at radius 3 is 2.60 bits per heavy atom. The largest absolute Gasteiger partial charge is 0.494 e. The third-order valence-corrected chi connectivity index (χ3v) is 3.92. The summed E-state index contributed by atoms with van der Waals surface area (Å²) in [5, 5.41) is 3.53. The molecule has 0 aliphatic heterocycles. The van der Waals surface area contributed by atoms with Gasteiger partial charge in [0.1, 0.15) is 17.4 Å². The van der Waals surface area contributed by atoms with Crippen LogP contribution in [0.2, 0.25) is 0 Å². The molecule has 6 heteroatoms. The minimum Gasteiger partial charge on any atom is -0.494 e. The van der Waals surface area contributed by atoms with Crippen LogP contribution in [-0.2, 0) is 9.53 Å². The average Bonchev–Trinajstić information content (AvgIpc) is 2.90. The molecule has 1 atom stereocenters. The van der Waals surface area contributed by atoms with Crippen molar-refractivity contribution in [2.45, 2.75) is 40.2 Å². The molecule has 6 nitrogen and oxygen atoms in total. The van der Waals surface area contributed by atoms with Gasteiger partial charge in [-0.05, 0) is 44.4 Å². The van der Waals surface area contributed by atoms with Crippen molar-refractivity contribution in [3.63, 3.8) is 0 Å². The van der Waals surface area contributed by atoms with Gasteiger partial charge in [-0.3, -0.25) is 4.79 Å². The molecular formula is C19H25NO5. The molecule has 2 rings (SSSR count). The Morgan fingerprint density at radius 2 is 2.00 bits per heavy atom. The van der Waals surface area contributed by atoms with E-state index in [2.05, 4.69) is 5.32 Å². The number of fused-ring (bicyclic) bond motifs is 1. The maximum Gasteiger partial charge on any atom is 0.328 e. The monoisotopic (exact) mass is 347 g/mol. The van der Waals surface area contributed by atoms with E-state index in [9.17, 15) is 9.59 Å². The fourth-order valence-corrected chi connectivity index (χ4v) is 2.72. The Hall–Kier alpha value is -2.50. The summed E-state index contributed by atoms with van der Waals surface area (Å²) in [6.07, 6.45) is 0.492. The highest BCUT2D eigenvalue weighted by atomic mass is 16.5. The number of furan rings is 1. The zero-order chi connectivity index (χ0) is 18.6. The maximum absolute atomic E-state index is 12.6. The second-order valence-electron chi connectivity index (χ2n) is 6.33. The van der Waals surface area contributed by atoms with Gasteiger partial charge in [-0.2, -0.15) is 0 Å². The van der Waals surface area contributed by atoms with Gasteiger partial charge in [-0.15, -0.1) is 0 Å². The number of methoxy groups -OCH3 is 1. The van der Waals surface area contributed by atoms with Crippen molar-refractivity contribution in [3.05, 3.63) is 29.5 Å². The fraction of sp³-hybridized carbons (Fsp3) is 0.474. The van der Waals surface area contributed by atoms with Crippen LogP contribution < -0.4 is 10.1 Å². The molecule has 2 aromatic rings. The number of amides is 1. The third kappa shape index (κ3) is 4.32. The molecule has 0 radical (unpaired) electrons. The quantitative estimate of drug-likeness (QED) is 0.776. The first kappa shape index (κ1) is 18.8. The van der Waals surface area contributed by atoms with Crippen molar-refractivity contribution in [2.24, 2.45) is 5.92 Å². The number of carbonyl (C=O) groups excluding carboxylic acids is 2. The van der Waals surface area contributed by atoms with Crippen LogP contribution in [0.15, 0.2) is 22.6 Å². The lowest BCUT2D eigenvalue weighted by Crippen LogP contribution is -2.42. The highest BCUT2D eigenvalue weighted by Gasteiger charge is 2.26. The Morgan fingerprint density at radius 1 is 1.28 bits per heavy atom. The Kier molecular flexibility index (Phi) is 6.07. The van der Waals surface area contributed by atoms with Gasteiger partial charge in [-0.1, -0.05) is 13.8 Å². The van der Waals surface area contributed by atoms with Crippen molar-refractivity contribution in [3.8, 4) is 5.75 Å². The first-order valence-electron chi connectivity index (χ1n) is 8.42. The molecule has 1 heterocycles. The van der Waals surface area contributed by atoms with E-state index in [0.29, 0.717) is 24.2 Å². The Labute approximate surface area is 147 Å². The first-order chi connectivity index (χ1) is 11.9. The number of carbonyl (C=O) groups is 2. The summed E-state index contributed by atoms with van der Waals surface area (Å²) < 4.78 is 16.0. The maximum atomic E-state index is 12.6. The first-order valence-corrected chi connectivity index (χ1v) is 8.42. The van der Waals surface area contributed by atoms with E-state index in [1.165, 1.54) is 7.11 Å². The number of rotatable bonds is 7. The molecule has 0 fully saturated rings. The highest BCUT2D eigenvalue weighted by molar-refractivity contribution is 6.00. The Bertz CT molecular complexity index is 763. The predicted molar refractivity (Wildman–Crippen MR) is 94.8 cm³/mol. The fourth-order valence-electron chi connectivity index (χ4n) is 2.72. The summed E-state index contributed by atoms with van der Waals surface area (Å²) in [6.45, 7) is 8.23. The molecule has 25 heavy (non-hydrogen) atoms. The van der Waals surface area contributed by atoms with Crippen LogP contribution >= 0.6 is 0 Å². The van der Waals surface area contributed by atoms with E-state index in [4.69, 9.17) is 13.9 Å². The standard InChI is InChI=1S/C19H25NO5/c1-6-24-13-7-8-16-14(10-13)12(4)17(25-16)18(21)20-15(9-11(2)3)19(22)23-5/h7-8,10-11,15H,6,9H2,1-5H3,(H,20,21)/t15-/m1/s1. The van der Waals surface area contributed by atoms with Gasteiger partial charge in [0, 0.05) is 10.9 Å². The van der Waals surface area contributed by atoms with Gasteiger partial charge in [0.05, 0.1) is 13.7 Å². The molecule has 1 amide bonds. The molecule has 1 aromatic carbocycles. The SMILES string of the molecule is CCOc1ccc2oc(C(=O)N[C@H](CC(C)C)C(=O)OC)c(C)c2c1. The zero-order valence-electron chi connectivity index (χ0n) is 15.3. The van der Waals surface area contributed by atoms with Crippen LogP contribution in [0.5, 0.6) is 5.75 Å². The number of hydrogen-bond acceptors (Lipinski definition) is 5. The summed E-state index contributed by atoms with van der Waals surface area (Å²) in [7, 11) is 1.31. The van der Waals surface area contributed by atoms with E-state index < -0.39 is 17.9 Å². The summed E-state index contributed by atoms with van der Waals surface area (Å²) in [6, 6.07) is 4.71. The van der Waals surface area contributed by atoms with Crippen molar-refractivity contribution in [1.29, 1.82) is 0 Å². The number of esters is 1. The normalized spacial score (nSPS) is 12.2. The molecule has 0 bridgehead atoms. The number of nitrogens with one attached hydrogen (secondary N) is 1. The van der Waals surface area contributed by atoms with Gasteiger partial charge in [0.2, 0.25) is 0 Å². The van der Waals surface area contributed by atoms with Crippen molar-refractivity contribution < 1.29 is 23.5 Å². The molecular weight excluding hydrogens is 322 g/mol. The molecule has 0 saturated heterocycles. The Balaban J connectivity index is 2.28. The highest BCUT2D eigenvalue weighted by Crippen LogP contribution is 2.29. The molecule has 0 aliphatic rings. The van der Waals surface area contributed by atoms with Crippen LogP contribution in [-0.4, -0.2) is 31.6 Å². The lowest BCUT2D eigenvalue weighted by molar-refractivity contribution is -0.143. The number of aryl methyl sites for hydroxylation is 1. The minimum atomic E-state index is -0.705. The molecule has 0 aliphatic carbocycles. The van der Waals surface area contributed by atoms with Crippen molar-refractivity contribution in [1.82, 2.24) is 5.32 Å². The van der Waals surface area contributed by atoms with Gasteiger partial charge in [0.25, 0.3) is 5.91 Å². The predicted octanol–water partition coefficient (Wildman–Crippen LogP) is 3.46. The lowest BCUT2D eigenvalue weighted by Gasteiger charge is -2.17. The minimum absolute atomic E-state index is 0.196. The van der Waals surface area contributed by atoms with E-state index in [1.54, 1.807) is 12.1 Å². The van der Waals surface area contributed by atoms with Gasteiger partial charge >= 0.3 is 5.97 Å². The summed E-state index contributed by atoms with van der Waals surface area (Å²) in [5.41, 5.74) is 1.31. The van der Waals surface area contributed by atoms with E-state index in [1.807, 2.05) is 33.8 Å². The van der Waals surface area contributed by atoms with Gasteiger partial charge < -0.3 is 19.2 Å². The average molecular weight is 347 g/mol. The molecule has 0 saturated carbocycles. The third-order valence-electron chi connectivity index (χ3n) is 3.92. The van der Waals surface area contributed by atoms with Crippen LogP contribution in [0.3, 0.4) is 0 Å².